The summed E-state index contributed by atoms with van der Waals surface area (Å²) in [5, 5.41) is 0.795. The Labute approximate surface area is 84.9 Å². The molecule has 0 spiro atoms. The summed E-state index contributed by atoms with van der Waals surface area (Å²) in [7, 11) is 0. The Morgan fingerprint density at radius 1 is 1.38 bits per heavy atom. The first-order valence-corrected chi connectivity index (χ1v) is 4.87. The molecule has 1 aromatic rings. The standard InChI is InChI=1S/C12H13Cl/c1-3-4-5-6-11-8-7-10(2)12(13)9-11/h7-9H,3-4H2,1-2H3. The van der Waals surface area contributed by atoms with Crippen molar-refractivity contribution >= 4 is 11.6 Å². The van der Waals surface area contributed by atoms with Crippen LogP contribution in [-0.2, 0) is 0 Å². The van der Waals surface area contributed by atoms with Crippen LogP contribution in [0.4, 0.5) is 0 Å². The molecule has 0 aliphatic carbocycles. The number of unbranched alkanes of at least 4 members (excludes halogenated alkanes) is 1. The quantitative estimate of drug-likeness (QED) is 0.594. The van der Waals surface area contributed by atoms with E-state index >= 15 is 0 Å². The fraction of sp³-hybridized carbons (Fsp3) is 0.333. The number of halogens is 1. The van der Waals surface area contributed by atoms with Gasteiger partial charge >= 0.3 is 0 Å². The van der Waals surface area contributed by atoms with Crippen LogP contribution in [0.25, 0.3) is 0 Å². The first kappa shape index (κ1) is 10.2. The Hall–Kier alpha value is -0.930. The minimum Gasteiger partial charge on any atom is -0.0979 e. The number of aryl methyl sites for hydroxylation is 1. The van der Waals surface area contributed by atoms with E-state index in [2.05, 4.69) is 18.8 Å². The maximum absolute atomic E-state index is 5.96. The first-order chi connectivity index (χ1) is 6.24. The van der Waals surface area contributed by atoms with E-state index in [0.29, 0.717) is 0 Å². The lowest BCUT2D eigenvalue weighted by Crippen LogP contribution is -1.78. The van der Waals surface area contributed by atoms with Crippen LogP contribution in [0.1, 0.15) is 30.9 Å². The molecule has 0 aliphatic rings. The summed E-state index contributed by atoms with van der Waals surface area (Å²) in [5.41, 5.74) is 2.10. The fourth-order valence-electron chi connectivity index (χ4n) is 0.960. The van der Waals surface area contributed by atoms with E-state index in [4.69, 9.17) is 11.6 Å². The Morgan fingerprint density at radius 3 is 2.77 bits per heavy atom. The van der Waals surface area contributed by atoms with Crippen molar-refractivity contribution in [1.29, 1.82) is 0 Å². The predicted octanol–water partition coefficient (Wildman–Crippen LogP) is 3.80. The van der Waals surface area contributed by atoms with Crippen LogP contribution in [0.3, 0.4) is 0 Å². The highest BCUT2D eigenvalue weighted by Gasteiger charge is 1.93. The van der Waals surface area contributed by atoms with Crippen molar-refractivity contribution in [1.82, 2.24) is 0 Å². The summed E-state index contributed by atoms with van der Waals surface area (Å²) in [4.78, 5) is 0. The zero-order valence-electron chi connectivity index (χ0n) is 8.02. The van der Waals surface area contributed by atoms with Crippen molar-refractivity contribution in [2.45, 2.75) is 26.7 Å². The molecule has 0 unspecified atom stereocenters. The van der Waals surface area contributed by atoms with E-state index in [0.717, 1.165) is 29.0 Å². The molecule has 0 amide bonds. The average molecular weight is 193 g/mol. The highest BCUT2D eigenvalue weighted by molar-refractivity contribution is 6.31. The van der Waals surface area contributed by atoms with Gasteiger partial charge in [-0.1, -0.05) is 36.4 Å². The van der Waals surface area contributed by atoms with Gasteiger partial charge in [-0.2, -0.15) is 0 Å². The predicted molar refractivity (Wildman–Crippen MR) is 58.0 cm³/mol. The molecule has 0 bridgehead atoms. The van der Waals surface area contributed by atoms with Gasteiger partial charge in [0.2, 0.25) is 0 Å². The highest BCUT2D eigenvalue weighted by Crippen LogP contribution is 2.15. The Bertz CT molecular complexity index is 342. The van der Waals surface area contributed by atoms with E-state index in [1.165, 1.54) is 0 Å². The number of hydrogen-bond acceptors (Lipinski definition) is 0. The van der Waals surface area contributed by atoms with Crippen molar-refractivity contribution in [2.24, 2.45) is 0 Å². The van der Waals surface area contributed by atoms with Crippen LogP contribution < -0.4 is 0 Å². The van der Waals surface area contributed by atoms with Crippen LogP contribution in [0.15, 0.2) is 18.2 Å². The molecule has 0 radical (unpaired) electrons. The van der Waals surface area contributed by atoms with Crippen LogP contribution in [-0.4, -0.2) is 0 Å². The van der Waals surface area contributed by atoms with Crippen molar-refractivity contribution in [2.75, 3.05) is 0 Å². The average Bonchev–Trinajstić information content (AvgIpc) is 2.12. The third-order valence-corrected chi connectivity index (χ3v) is 2.19. The summed E-state index contributed by atoms with van der Waals surface area (Å²) in [6, 6.07) is 5.92. The third-order valence-electron chi connectivity index (χ3n) is 1.78. The maximum atomic E-state index is 5.96. The molecule has 1 rings (SSSR count). The van der Waals surface area contributed by atoms with Gasteiger partial charge in [-0.05, 0) is 31.0 Å². The van der Waals surface area contributed by atoms with Gasteiger partial charge in [-0.15, -0.1) is 0 Å². The van der Waals surface area contributed by atoms with Crippen LogP contribution in [0.2, 0.25) is 5.02 Å². The monoisotopic (exact) mass is 192 g/mol. The molecule has 0 atom stereocenters. The van der Waals surface area contributed by atoms with Gasteiger partial charge in [0.05, 0.1) is 0 Å². The Kier molecular flexibility index (Phi) is 3.86. The van der Waals surface area contributed by atoms with E-state index in [1.807, 2.05) is 25.1 Å². The molecule has 0 aromatic heterocycles. The van der Waals surface area contributed by atoms with Crippen LogP contribution in [0.5, 0.6) is 0 Å². The summed E-state index contributed by atoms with van der Waals surface area (Å²) < 4.78 is 0. The topological polar surface area (TPSA) is 0 Å². The van der Waals surface area contributed by atoms with Gasteiger partial charge in [-0.3, -0.25) is 0 Å². The zero-order valence-corrected chi connectivity index (χ0v) is 8.78. The minimum atomic E-state index is 0.795. The Morgan fingerprint density at radius 2 is 2.15 bits per heavy atom. The van der Waals surface area contributed by atoms with E-state index < -0.39 is 0 Å². The summed E-state index contributed by atoms with van der Waals surface area (Å²) in [6.07, 6.45) is 2.05. The van der Waals surface area contributed by atoms with Gasteiger partial charge in [0.25, 0.3) is 0 Å². The number of hydrogen-bond donors (Lipinski definition) is 0. The molecule has 0 saturated heterocycles. The molecule has 0 heterocycles. The second-order valence-corrected chi connectivity index (χ2v) is 3.42. The zero-order chi connectivity index (χ0) is 9.68. The molecular weight excluding hydrogens is 180 g/mol. The molecule has 1 aromatic carbocycles. The smallest absolute Gasteiger partial charge is 0.0447 e. The summed E-state index contributed by atoms with van der Waals surface area (Å²) in [6.45, 7) is 4.11. The van der Waals surface area contributed by atoms with Crippen molar-refractivity contribution < 1.29 is 0 Å². The molecule has 13 heavy (non-hydrogen) atoms. The largest absolute Gasteiger partial charge is 0.0979 e. The Balaban J connectivity index is 2.81. The van der Waals surface area contributed by atoms with Gasteiger partial charge in [0.15, 0.2) is 0 Å². The molecule has 0 nitrogen and oxygen atoms in total. The molecule has 68 valence electrons. The number of rotatable bonds is 1. The van der Waals surface area contributed by atoms with Gasteiger partial charge in [-0.25, -0.2) is 0 Å². The lowest BCUT2D eigenvalue weighted by Gasteiger charge is -1.96. The molecule has 1 heteroatoms. The van der Waals surface area contributed by atoms with Crippen molar-refractivity contribution in [3.63, 3.8) is 0 Å². The molecule has 0 saturated carbocycles. The van der Waals surface area contributed by atoms with Gasteiger partial charge in [0.1, 0.15) is 0 Å². The van der Waals surface area contributed by atoms with Crippen LogP contribution >= 0.6 is 11.6 Å². The second-order valence-electron chi connectivity index (χ2n) is 3.02. The van der Waals surface area contributed by atoms with Crippen molar-refractivity contribution in [3.05, 3.63) is 34.3 Å². The lowest BCUT2D eigenvalue weighted by molar-refractivity contribution is 0.983. The van der Waals surface area contributed by atoms with E-state index in [1.54, 1.807) is 0 Å². The normalized spacial score (nSPS) is 9.15. The van der Waals surface area contributed by atoms with Crippen LogP contribution in [0, 0.1) is 18.8 Å². The highest BCUT2D eigenvalue weighted by atomic mass is 35.5. The molecule has 0 aliphatic heterocycles. The maximum Gasteiger partial charge on any atom is 0.0447 e. The van der Waals surface area contributed by atoms with E-state index in [-0.39, 0.29) is 0 Å². The second kappa shape index (κ2) is 4.94. The lowest BCUT2D eigenvalue weighted by atomic mass is 10.1. The first-order valence-electron chi connectivity index (χ1n) is 4.49. The van der Waals surface area contributed by atoms with Crippen molar-refractivity contribution in [3.8, 4) is 11.8 Å². The third kappa shape index (κ3) is 3.13. The number of benzene rings is 1. The molecule has 0 fully saturated rings. The SMILES string of the molecule is CCCC#Cc1ccc(C)c(Cl)c1. The van der Waals surface area contributed by atoms with Gasteiger partial charge < -0.3 is 0 Å². The molecule has 0 N–H and O–H groups in total. The van der Waals surface area contributed by atoms with E-state index in [9.17, 15) is 0 Å². The van der Waals surface area contributed by atoms with Gasteiger partial charge in [0, 0.05) is 17.0 Å². The summed E-state index contributed by atoms with van der Waals surface area (Å²) >= 11 is 5.96. The fourth-order valence-corrected chi connectivity index (χ4v) is 1.14. The summed E-state index contributed by atoms with van der Waals surface area (Å²) in [5.74, 6) is 6.17. The molecular formula is C12H13Cl. The minimum absolute atomic E-state index is 0.795.